The van der Waals surface area contributed by atoms with E-state index in [9.17, 15) is 9.59 Å². The first kappa shape index (κ1) is 23.1. The Kier molecular flexibility index (Phi) is 6.73. The molecule has 0 radical (unpaired) electrons. The van der Waals surface area contributed by atoms with Crippen molar-refractivity contribution in [3.63, 3.8) is 0 Å². The summed E-state index contributed by atoms with van der Waals surface area (Å²) in [4.78, 5) is 30.6. The van der Waals surface area contributed by atoms with Gasteiger partial charge in [0, 0.05) is 26.2 Å². The quantitative estimate of drug-likeness (QED) is 0.667. The second kappa shape index (κ2) is 9.91. The van der Waals surface area contributed by atoms with Crippen LogP contribution in [0.15, 0.2) is 60.7 Å². The molecule has 1 aliphatic carbocycles. The van der Waals surface area contributed by atoms with E-state index >= 15 is 0 Å². The Balaban J connectivity index is 1.26. The van der Waals surface area contributed by atoms with Crippen LogP contribution in [-0.2, 0) is 26.2 Å². The predicted molar refractivity (Wildman–Crippen MR) is 132 cm³/mol. The lowest BCUT2D eigenvalue weighted by molar-refractivity contribution is -0.166. The van der Waals surface area contributed by atoms with Crippen molar-refractivity contribution in [1.29, 1.82) is 0 Å². The smallest absolute Gasteiger partial charge is 0.248 e. The van der Waals surface area contributed by atoms with Crippen LogP contribution in [0.5, 0.6) is 0 Å². The van der Waals surface area contributed by atoms with Crippen LogP contribution in [0.4, 0.5) is 0 Å². The number of carbonyl (C=O) groups excluding carboxylic acids is 2. The van der Waals surface area contributed by atoms with E-state index < -0.39 is 0 Å². The van der Waals surface area contributed by atoms with Gasteiger partial charge in [-0.2, -0.15) is 0 Å². The maximum Gasteiger partial charge on any atom is 0.248 e. The van der Waals surface area contributed by atoms with Crippen LogP contribution in [0.3, 0.4) is 0 Å². The minimum atomic E-state index is -0.371. The van der Waals surface area contributed by atoms with E-state index in [0.29, 0.717) is 25.5 Å². The molecule has 0 aromatic heterocycles. The number of hydrogen-bond acceptors (Lipinski definition) is 3. The molecule has 2 heterocycles. The normalized spacial score (nSPS) is 24.9. The Labute approximate surface area is 203 Å². The molecule has 2 aromatic rings. The maximum absolute atomic E-state index is 13.9. The van der Waals surface area contributed by atoms with Crippen molar-refractivity contribution >= 4 is 11.8 Å². The van der Waals surface area contributed by atoms with Gasteiger partial charge in [-0.25, -0.2) is 0 Å². The molecule has 5 heteroatoms. The third-order valence-electron chi connectivity index (χ3n) is 8.22. The van der Waals surface area contributed by atoms with Gasteiger partial charge in [-0.3, -0.25) is 9.59 Å². The highest BCUT2D eigenvalue weighted by atomic mass is 16.5. The number of likely N-dealkylation sites (tertiary alicyclic amines) is 1. The largest absolute Gasteiger partial charge is 0.363 e. The zero-order valence-electron chi connectivity index (χ0n) is 20.1. The third kappa shape index (κ3) is 4.63. The van der Waals surface area contributed by atoms with Crippen LogP contribution in [0.1, 0.15) is 56.1 Å². The second-order valence-corrected chi connectivity index (χ2v) is 10.3. The predicted octanol–water partition coefficient (Wildman–Crippen LogP) is 4.35. The molecule has 5 nitrogen and oxygen atoms in total. The number of hydrogen-bond donors (Lipinski definition) is 0. The van der Waals surface area contributed by atoms with Crippen LogP contribution < -0.4 is 0 Å². The SMILES string of the molecule is O=C1COC2(CCCN(C(=O)C3(c4ccccc4)CCCC3)CC2)CN1CCc1ccccc1. The number of amides is 2. The summed E-state index contributed by atoms with van der Waals surface area (Å²) >= 11 is 0. The van der Waals surface area contributed by atoms with Crippen molar-refractivity contribution in [3.8, 4) is 0 Å². The molecule has 1 saturated carbocycles. The van der Waals surface area contributed by atoms with Gasteiger partial charge in [0.2, 0.25) is 11.8 Å². The minimum Gasteiger partial charge on any atom is -0.363 e. The molecule has 34 heavy (non-hydrogen) atoms. The fourth-order valence-corrected chi connectivity index (χ4v) is 6.24. The first-order valence-corrected chi connectivity index (χ1v) is 12.9. The molecule has 0 N–H and O–H groups in total. The molecular weight excluding hydrogens is 424 g/mol. The van der Waals surface area contributed by atoms with Gasteiger partial charge in [0.05, 0.1) is 11.0 Å². The first-order chi connectivity index (χ1) is 16.6. The van der Waals surface area contributed by atoms with Gasteiger partial charge in [0.15, 0.2) is 0 Å². The summed E-state index contributed by atoms with van der Waals surface area (Å²) in [5.74, 6) is 0.369. The Morgan fingerprint density at radius 1 is 0.853 bits per heavy atom. The lowest BCUT2D eigenvalue weighted by atomic mass is 9.77. The van der Waals surface area contributed by atoms with Crippen LogP contribution >= 0.6 is 0 Å². The number of nitrogens with zero attached hydrogens (tertiary/aromatic N) is 2. The number of benzene rings is 2. The molecule has 2 saturated heterocycles. The molecular formula is C29H36N2O3. The minimum absolute atomic E-state index is 0.0766. The molecule has 3 aliphatic rings. The fraction of sp³-hybridized carbons (Fsp3) is 0.517. The lowest BCUT2D eigenvalue weighted by Gasteiger charge is -2.42. The molecule has 2 aromatic carbocycles. The summed E-state index contributed by atoms with van der Waals surface area (Å²) in [5, 5.41) is 0. The third-order valence-corrected chi connectivity index (χ3v) is 8.22. The van der Waals surface area contributed by atoms with E-state index in [4.69, 9.17) is 4.74 Å². The highest BCUT2D eigenvalue weighted by Crippen LogP contribution is 2.43. The van der Waals surface area contributed by atoms with Crippen molar-refractivity contribution in [1.82, 2.24) is 9.80 Å². The maximum atomic E-state index is 13.9. The van der Waals surface area contributed by atoms with Gasteiger partial charge in [0.1, 0.15) is 6.61 Å². The zero-order valence-corrected chi connectivity index (χ0v) is 20.1. The van der Waals surface area contributed by atoms with E-state index in [1.54, 1.807) is 0 Å². The molecule has 5 rings (SSSR count). The number of rotatable bonds is 5. The molecule has 1 atom stereocenters. The summed E-state index contributed by atoms with van der Waals surface area (Å²) in [6, 6.07) is 20.7. The number of ether oxygens (including phenoxy) is 1. The summed E-state index contributed by atoms with van der Waals surface area (Å²) in [5.41, 5.74) is 1.71. The van der Waals surface area contributed by atoms with E-state index in [0.717, 1.165) is 57.9 Å². The molecule has 3 fully saturated rings. The van der Waals surface area contributed by atoms with E-state index in [1.165, 1.54) is 11.1 Å². The van der Waals surface area contributed by atoms with Crippen molar-refractivity contribution in [3.05, 3.63) is 71.8 Å². The highest BCUT2D eigenvalue weighted by molar-refractivity contribution is 5.88. The summed E-state index contributed by atoms with van der Waals surface area (Å²) in [6.07, 6.45) is 7.55. The van der Waals surface area contributed by atoms with E-state index in [1.807, 2.05) is 29.2 Å². The lowest BCUT2D eigenvalue weighted by Crippen LogP contribution is -2.55. The summed E-state index contributed by atoms with van der Waals surface area (Å²) in [7, 11) is 0. The topological polar surface area (TPSA) is 49.9 Å². The molecule has 1 spiro atoms. The molecule has 0 bridgehead atoms. The van der Waals surface area contributed by atoms with E-state index in [2.05, 4.69) is 41.3 Å². The molecule has 2 aliphatic heterocycles. The Bertz CT molecular complexity index is 987. The average molecular weight is 461 g/mol. The van der Waals surface area contributed by atoms with Crippen molar-refractivity contribution in [2.24, 2.45) is 0 Å². The molecule has 2 amide bonds. The molecule has 180 valence electrons. The number of morpholine rings is 1. The van der Waals surface area contributed by atoms with Gasteiger partial charge >= 0.3 is 0 Å². The van der Waals surface area contributed by atoms with Crippen LogP contribution in [-0.4, -0.2) is 60.0 Å². The van der Waals surface area contributed by atoms with Crippen LogP contribution in [0.25, 0.3) is 0 Å². The van der Waals surface area contributed by atoms with Crippen LogP contribution in [0.2, 0.25) is 0 Å². The summed E-state index contributed by atoms with van der Waals surface area (Å²) in [6.45, 7) is 2.97. The monoisotopic (exact) mass is 460 g/mol. The first-order valence-electron chi connectivity index (χ1n) is 12.9. The Morgan fingerprint density at radius 3 is 2.29 bits per heavy atom. The van der Waals surface area contributed by atoms with Gasteiger partial charge < -0.3 is 14.5 Å². The van der Waals surface area contributed by atoms with Crippen molar-refractivity contribution < 1.29 is 14.3 Å². The molecule has 1 unspecified atom stereocenters. The van der Waals surface area contributed by atoms with Gasteiger partial charge in [0.25, 0.3) is 0 Å². The summed E-state index contributed by atoms with van der Waals surface area (Å²) < 4.78 is 6.22. The van der Waals surface area contributed by atoms with E-state index in [-0.39, 0.29) is 23.5 Å². The zero-order chi connectivity index (χ0) is 23.4. The van der Waals surface area contributed by atoms with Crippen LogP contribution in [0, 0.1) is 0 Å². The second-order valence-electron chi connectivity index (χ2n) is 10.3. The standard InChI is InChI=1S/C29H36N2O3/c32-26-22-34-28(23-31(26)20-14-24-10-3-1-4-11-24)15-9-19-30(21-18-28)27(33)29(16-7-8-17-29)25-12-5-2-6-13-25/h1-6,10-13H,7-9,14-23H2. The Hall–Kier alpha value is -2.66. The van der Waals surface area contributed by atoms with Gasteiger partial charge in [-0.05, 0) is 49.7 Å². The Morgan fingerprint density at radius 2 is 1.56 bits per heavy atom. The van der Waals surface area contributed by atoms with Gasteiger partial charge in [-0.15, -0.1) is 0 Å². The number of carbonyl (C=O) groups is 2. The van der Waals surface area contributed by atoms with Gasteiger partial charge in [-0.1, -0.05) is 73.5 Å². The average Bonchev–Trinajstić information content (AvgIpc) is 3.30. The highest BCUT2D eigenvalue weighted by Gasteiger charge is 2.47. The fourth-order valence-electron chi connectivity index (χ4n) is 6.24. The van der Waals surface area contributed by atoms with Crippen molar-refractivity contribution in [2.75, 3.05) is 32.8 Å². The van der Waals surface area contributed by atoms with Crippen molar-refractivity contribution in [2.45, 2.75) is 62.4 Å².